The quantitative estimate of drug-likeness (QED) is 0.177. The highest BCUT2D eigenvalue weighted by molar-refractivity contribution is 6.16. The lowest BCUT2D eigenvalue weighted by atomic mass is 9.70. The second-order valence-electron chi connectivity index (χ2n) is 19.1. The summed E-state index contributed by atoms with van der Waals surface area (Å²) in [4.78, 5) is 2.47. The molecule has 10 aromatic carbocycles. The predicted molar refractivity (Wildman–Crippen MR) is 275 cm³/mol. The molecular formula is C64H41NO2. The summed E-state index contributed by atoms with van der Waals surface area (Å²) in [5, 5.41) is 4.59. The number of hydrogen-bond donors (Lipinski definition) is 0. The Balaban J connectivity index is 0.966. The molecule has 0 radical (unpaired) electrons. The number of anilines is 3. The van der Waals surface area contributed by atoms with Crippen LogP contribution in [0, 0.1) is 0 Å². The molecule has 15 rings (SSSR count). The first-order valence-electron chi connectivity index (χ1n) is 23.3. The Labute approximate surface area is 387 Å². The van der Waals surface area contributed by atoms with Crippen molar-refractivity contribution in [2.75, 3.05) is 4.90 Å². The fraction of sp³-hybridized carbons (Fsp3) is 0.0625. The monoisotopic (exact) mass is 855 g/mol. The van der Waals surface area contributed by atoms with E-state index in [0.717, 1.165) is 66.7 Å². The average Bonchev–Trinajstić information content (AvgIpc) is 4.15. The molecule has 314 valence electrons. The second kappa shape index (κ2) is 13.1. The van der Waals surface area contributed by atoms with E-state index in [1.807, 2.05) is 6.07 Å². The van der Waals surface area contributed by atoms with Crippen molar-refractivity contribution in [2.45, 2.75) is 24.7 Å². The summed E-state index contributed by atoms with van der Waals surface area (Å²) in [6.07, 6.45) is 0. The molecular weight excluding hydrogens is 815 g/mol. The molecule has 1 unspecified atom stereocenters. The van der Waals surface area contributed by atoms with E-state index in [2.05, 4.69) is 225 Å². The molecule has 0 aliphatic heterocycles. The van der Waals surface area contributed by atoms with Crippen molar-refractivity contribution in [2.24, 2.45) is 0 Å². The number of fused-ring (bicyclic) bond motifs is 20. The van der Waals surface area contributed by atoms with Gasteiger partial charge in [0.2, 0.25) is 0 Å². The third-order valence-corrected chi connectivity index (χ3v) is 15.5. The lowest BCUT2D eigenvalue weighted by molar-refractivity contribution is 0.660. The summed E-state index contributed by atoms with van der Waals surface area (Å²) in [6, 6.07) is 78.3. The van der Waals surface area contributed by atoms with Crippen LogP contribution in [0.4, 0.5) is 17.1 Å². The van der Waals surface area contributed by atoms with Crippen LogP contribution in [0.3, 0.4) is 0 Å². The number of para-hydroxylation sites is 3. The molecule has 1 spiro atoms. The highest BCUT2D eigenvalue weighted by atomic mass is 16.3. The zero-order valence-corrected chi connectivity index (χ0v) is 37.0. The van der Waals surface area contributed by atoms with E-state index < -0.39 is 5.41 Å². The largest absolute Gasteiger partial charge is 0.456 e. The van der Waals surface area contributed by atoms with Gasteiger partial charge in [0.1, 0.15) is 22.3 Å². The summed E-state index contributed by atoms with van der Waals surface area (Å²) < 4.78 is 13.1. The third-order valence-electron chi connectivity index (χ3n) is 15.5. The van der Waals surface area contributed by atoms with Crippen LogP contribution in [0.1, 0.15) is 47.2 Å². The van der Waals surface area contributed by atoms with Gasteiger partial charge in [0, 0.05) is 49.6 Å². The first kappa shape index (κ1) is 36.9. The fourth-order valence-electron chi connectivity index (χ4n) is 12.6. The van der Waals surface area contributed by atoms with E-state index in [1.54, 1.807) is 0 Å². The van der Waals surface area contributed by atoms with Crippen LogP contribution in [-0.2, 0) is 10.8 Å². The summed E-state index contributed by atoms with van der Waals surface area (Å²) >= 11 is 0. The Bertz CT molecular complexity index is 4090. The smallest absolute Gasteiger partial charge is 0.143 e. The molecule has 3 nitrogen and oxygen atoms in total. The predicted octanol–water partition coefficient (Wildman–Crippen LogP) is 17.3. The van der Waals surface area contributed by atoms with Gasteiger partial charge in [-0.15, -0.1) is 0 Å². The van der Waals surface area contributed by atoms with E-state index in [4.69, 9.17) is 8.83 Å². The zero-order chi connectivity index (χ0) is 44.2. The van der Waals surface area contributed by atoms with Gasteiger partial charge in [-0.2, -0.15) is 0 Å². The SMILES string of the molecule is CC1(C)c2ccccc2-c2ccc(N(c3ccc(-c4cccc5c4oc4ccccc45)cc3)c3ccc4c(c3)C3(c5ccccc5-4)c4ccccc4-c4c3ccc3oc5ccccc5c43)cc21. The Morgan fingerprint density at radius 2 is 0.881 bits per heavy atom. The van der Waals surface area contributed by atoms with E-state index >= 15 is 0 Å². The molecule has 3 aliphatic carbocycles. The Morgan fingerprint density at radius 1 is 0.343 bits per heavy atom. The van der Waals surface area contributed by atoms with Crippen molar-refractivity contribution in [1.82, 2.24) is 0 Å². The number of rotatable bonds is 4. The van der Waals surface area contributed by atoms with Gasteiger partial charge >= 0.3 is 0 Å². The highest BCUT2D eigenvalue weighted by Crippen LogP contribution is 2.65. The van der Waals surface area contributed by atoms with Crippen LogP contribution in [-0.4, -0.2) is 0 Å². The maximum atomic E-state index is 6.56. The van der Waals surface area contributed by atoms with Crippen molar-refractivity contribution in [3.05, 3.63) is 246 Å². The van der Waals surface area contributed by atoms with Crippen LogP contribution in [0.5, 0.6) is 0 Å². The van der Waals surface area contributed by atoms with Gasteiger partial charge < -0.3 is 13.7 Å². The normalized spacial score (nSPS) is 15.8. The Kier molecular flexibility index (Phi) is 7.22. The number of nitrogens with zero attached hydrogens (tertiary/aromatic N) is 1. The highest BCUT2D eigenvalue weighted by Gasteiger charge is 2.52. The van der Waals surface area contributed by atoms with Gasteiger partial charge in [-0.05, 0) is 127 Å². The first-order chi connectivity index (χ1) is 33.0. The number of benzene rings is 10. The van der Waals surface area contributed by atoms with Crippen molar-refractivity contribution in [3.8, 4) is 44.5 Å². The van der Waals surface area contributed by atoms with Gasteiger partial charge in [0.15, 0.2) is 0 Å². The molecule has 0 saturated carbocycles. The molecule has 0 N–H and O–H groups in total. The van der Waals surface area contributed by atoms with Crippen molar-refractivity contribution < 1.29 is 8.83 Å². The Morgan fingerprint density at radius 3 is 1.64 bits per heavy atom. The lowest BCUT2D eigenvalue weighted by Gasteiger charge is -2.32. The molecule has 0 saturated heterocycles. The molecule has 67 heavy (non-hydrogen) atoms. The molecule has 0 bridgehead atoms. The maximum Gasteiger partial charge on any atom is 0.143 e. The van der Waals surface area contributed by atoms with Crippen LogP contribution >= 0.6 is 0 Å². The lowest BCUT2D eigenvalue weighted by Crippen LogP contribution is -2.26. The van der Waals surface area contributed by atoms with Crippen LogP contribution in [0.2, 0.25) is 0 Å². The van der Waals surface area contributed by atoms with E-state index in [0.29, 0.717) is 0 Å². The van der Waals surface area contributed by atoms with E-state index in [-0.39, 0.29) is 5.41 Å². The van der Waals surface area contributed by atoms with Gasteiger partial charge in [-0.1, -0.05) is 172 Å². The van der Waals surface area contributed by atoms with Gasteiger partial charge in [-0.3, -0.25) is 0 Å². The number of furan rings is 2. The molecule has 0 fully saturated rings. The van der Waals surface area contributed by atoms with Crippen molar-refractivity contribution in [3.63, 3.8) is 0 Å². The van der Waals surface area contributed by atoms with Gasteiger partial charge in [0.25, 0.3) is 0 Å². The average molecular weight is 856 g/mol. The summed E-state index contributed by atoms with van der Waals surface area (Å²) in [5.41, 5.74) is 24.0. The van der Waals surface area contributed by atoms with Crippen molar-refractivity contribution in [1.29, 1.82) is 0 Å². The molecule has 1 atom stereocenters. The summed E-state index contributed by atoms with van der Waals surface area (Å²) in [6.45, 7) is 4.73. The molecule has 2 aromatic heterocycles. The topological polar surface area (TPSA) is 29.5 Å². The molecule has 3 heteroatoms. The standard InChI is InChI=1S/C64H41NO2/c1-63(2)51-21-8-3-14-43(51)45-32-30-40(36-55(45)63)65(39-28-26-38(27-29-39)42-19-13-20-48-47-16-6-11-24-57(47)67-62(42)48)41-31-33-46-44-15-4-9-22-52(44)64(56(46)37-41)53-23-10-5-17-49(53)60-54(64)34-35-59-61(60)50-18-7-12-25-58(50)66-59/h3-37H,1-2H3. The fourth-order valence-corrected chi connectivity index (χ4v) is 12.6. The minimum Gasteiger partial charge on any atom is -0.456 e. The maximum absolute atomic E-state index is 6.56. The van der Waals surface area contributed by atoms with Gasteiger partial charge in [-0.25, -0.2) is 0 Å². The van der Waals surface area contributed by atoms with Crippen LogP contribution < -0.4 is 4.90 Å². The molecule has 3 aliphatic rings. The third kappa shape index (κ3) is 4.75. The summed E-state index contributed by atoms with van der Waals surface area (Å²) in [7, 11) is 0. The summed E-state index contributed by atoms with van der Waals surface area (Å²) in [5.74, 6) is 0. The van der Waals surface area contributed by atoms with E-state index in [1.165, 1.54) is 72.1 Å². The van der Waals surface area contributed by atoms with Crippen LogP contribution in [0.15, 0.2) is 221 Å². The van der Waals surface area contributed by atoms with E-state index in [9.17, 15) is 0 Å². The van der Waals surface area contributed by atoms with Crippen molar-refractivity contribution >= 4 is 60.9 Å². The zero-order valence-electron chi connectivity index (χ0n) is 37.0. The minimum atomic E-state index is -0.553. The first-order valence-corrected chi connectivity index (χ1v) is 23.3. The van der Waals surface area contributed by atoms with Gasteiger partial charge in [0.05, 0.1) is 5.41 Å². The Hall–Kier alpha value is -8.40. The molecule has 0 amide bonds. The van der Waals surface area contributed by atoms with Crippen LogP contribution in [0.25, 0.3) is 88.4 Å². The molecule has 12 aromatic rings. The number of hydrogen-bond acceptors (Lipinski definition) is 3. The minimum absolute atomic E-state index is 0.160. The molecule has 2 heterocycles. The second-order valence-corrected chi connectivity index (χ2v) is 19.1.